The highest BCUT2D eigenvalue weighted by Gasteiger charge is 2.26. The largest absolute Gasteiger partial charge is 0.383 e. The molecule has 0 atom stereocenters. The average Bonchev–Trinajstić information content (AvgIpc) is 2.92. The van der Waals surface area contributed by atoms with Crippen molar-refractivity contribution in [1.29, 1.82) is 5.41 Å². The lowest BCUT2D eigenvalue weighted by Gasteiger charge is -2.35. The van der Waals surface area contributed by atoms with Gasteiger partial charge in [-0.1, -0.05) is 73.8 Å². The molecule has 1 aromatic heterocycles. The summed E-state index contributed by atoms with van der Waals surface area (Å²) in [5, 5.41) is 12.4. The van der Waals surface area contributed by atoms with E-state index < -0.39 is 0 Å². The Balaban J connectivity index is 1.54. The number of hydrogen-bond donors (Lipinski definition) is 3. The van der Waals surface area contributed by atoms with E-state index in [2.05, 4.69) is 83.6 Å². The van der Waals surface area contributed by atoms with Gasteiger partial charge in [-0.3, -0.25) is 5.41 Å². The van der Waals surface area contributed by atoms with Crippen LogP contribution in [0.3, 0.4) is 0 Å². The molecule has 0 aliphatic carbocycles. The number of aryl methyl sites for hydroxylation is 2. The second-order valence-electron chi connectivity index (χ2n) is 9.28. The maximum atomic E-state index is 8.93. The molecule has 0 fully saturated rings. The van der Waals surface area contributed by atoms with E-state index in [-0.39, 0.29) is 11.5 Å². The van der Waals surface area contributed by atoms with E-state index >= 15 is 0 Å². The van der Waals surface area contributed by atoms with Gasteiger partial charge >= 0.3 is 0 Å². The van der Waals surface area contributed by atoms with Gasteiger partial charge in [0.05, 0.1) is 17.8 Å². The Hall–Kier alpha value is -4.97. The predicted molar refractivity (Wildman–Crippen MR) is 159 cm³/mol. The van der Waals surface area contributed by atoms with Crippen LogP contribution in [0.1, 0.15) is 38.9 Å². The van der Waals surface area contributed by atoms with Gasteiger partial charge in [0.15, 0.2) is 0 Å². The molecule has 1 aliphatic rings. The van der Waals surface area contributed by atoms with Crippen LogP contribution in [0, 0.1) is 19.3 Å². The summed E-state index contributed by atoms with van der Waals surface area (Å²) >= 11 is 0. The number of nitrogen functional groups attached to an aromatic ring is 1. The van der Waals surface area contributed by atoms with Crippen LogP contribution in [0.2, 0.25) is 0 Å². The van der Waals surface area contributed by atoms with Crippen LogP contribution in [-0.4, -0.2) is 22.2 Å². The first-order valence-corrected chi connectivity index (χ1v) is 12.4. The first kappa shape index (κ1) is 24.7. The topological polar surface area (TPSA) is 90.9 Å². The molecule has 0 bridgehead atoms. The normalized spacial score (nSPS) is 12.5. The van der Waals surface area contributed by atoms with Crippen molar-refractivity contribution >= 4 is 40.9 Å². The number of rotatable bonds is 7. The van der Waals surface area contributed by atoms with Crippen LogP contribution >= 0.6 is 0 Å². The molecule has 0 saturated heterocycles. The number of benzene rings is 3. The van der Waals surface area contributed by atoms with E-state index in [0.29, 0.717) is 23.5 Å². The van der Waals surface area contributed by atoms with Crippen LogP contribution < -0.4 is 16.0 Å². The second kappa shape index (κ2) is 10.2. The van der Waals surface area contributed by atoms with E-state index in [1.165, 1.54) is 11.9 Å². The highest BCUT2D eigenvalue weighted by atomic mass is 15.2. The lowest BCUT2D eigenvalue weighted by atomic mass is 9.93. The zero-order valence-corrected chi connectivity index (χ0v) is 21.6. The van der Waals surface area contributed by atoms with E-state index in [4.69, 9.17) is 11.1 Å². The Morgan fingerprint density at radius 3 is 2.58 bits per heavy atom. The Morgan fingerprint density at radius 2 is 1.79 bits per heavy atom. The SMILES string of the molecule is C=Cc1cccc(C(=N)c2c(N)ncnc2NCC2=Cc3cccc(C)c3C(=C)N2c2ccccc2C)c1. The second-order valence-corrected chi connectivity index (χ2v) is 9.28. The van der Waals surface area contributed by atoms with Gasteiger partial charge < -0.3 is 16.0 Å². The quantitative estimate of drug-likeness (QED) is 0.247. The number of anilines is 3. The predicted octanol–water partition coefficient (Wildman–Crippen LogP) is 6.68. The molecular formula is C32H30N6. The molecule has 0 saturated carbocycles. The number of nitrogens with zero attached hydrogens (tertiary/aromatic N) is 3. The van der Waals surface area contributed by atoms with Gasteiger partial charge in [-0.25, -0.2) is 9.97 Å². The van der Waals surface area contributed by atoms with Crippen molar-refractivity contribution in [2.45, 2.75) is 13.8 Å². The molecule has 6 nitrogen and oxygen atoms in total. The highest BCUT2D eigenvalue weighted by Crippen LogP contribution is 2.39. The summed E-state index contributed by atoms with van der Waals surface area (Å²) < 4.78 is 0. The standard InChI is InChI=1S/C32H30N6/c1-5-23-12-9-14-25(16-23)30(33)29-31(34)36-19-37-32(29)35-18-26-17-24-13-8-11-21(3)28(24)22(4)38(26)27-15-7-6-10-20(27)2/h5-17,19,33H,1,4,18H2,2-3H3,(H3,34,35,36,37). The van der Waals surface area contributed by atoms with Crippen molar-refractivity contribution in [3.05, 3.63) is 131 Å². The van der Waals surface area contributed by atoms with Gasteiger partial charge in [-0.2, -0.15) is 0 Å². The van der Waals surface area contributed by atoms with Gasteiger partial charge in [0.2, 0.25) is 0 Å². The van der Waals surface area contributed by atoms with Crippen molar-refractivity contribution in [1.82, 2.24) is 9.97 Å². The minimum Gasteiger partial charge on any atom is -0.383 e. The summed E-state index contributed by atoms with van der Waals surface area (Å²) in [5.74, 6) is 0.744. The summed E-state index contributed by atoms with van der Waals surface area (Å²) in [6.07, 6.45) is 5.35. The van der Waals surface area contributed by atoms with Gasteiger partial charge in [-0.05, 0) is 54.3 Å². The molecule has 5 rings (SSSR count). The molecule has 0 unspecified atom stereocenters. The highest BCUT2D eigenvalue weighted by molar-refractivity contribution is 6.16. The van der Waals surface area contributed by atoms with E-state index in [1.54, 1.807) is 6.08 Å². The molecule has 6 heteroatoms. The van der Waals surface area contributed by atoms with Crippen molar-refractivity contribution in [2.24, 2.45) is 0 Å². The number of hydrogen-bond acceptors (Lipinski definition) is 6. The minimum absolute atomic E-state index is 0.244. The third-order valence-electron chi connectivity index (χ3n) is 6.80. The number of para-hydroxylation sites is 1. The first-order valence-electron chi connectivity index (χ1n) is 12.4. The molecule has 38 heavy (non-hydrogen) atoms. The zero-order valence-electron chi connectivity index (χ0n) is 21.6. The summed E-state index contributed by atoms with van der Waals surface area (Å²) in [7, 11) is 0. The van der Waals surface area contributed by atoms with E-state index in [1.807, 2.05) is 36.4 Å². The van der Waals surface area contributed by atoms with Crippen molar-refractivity contribution < 1.29 is 0 Å². The lowest BCUT2D eigenvalue weighted by Crippen LogP contribution is -2.29. The van der Waals surface area contributed by atoms with Crippen LogP contribution in [0.25, 0.3) is 17.8 Å². The fraction of sp³-hybridized carbons (Fsp3) is 0.0938. The molecule has 188 valence electrons. The summed E-state index contributed by atoms with van der Waals surface area (Å²) in [6.45, 7) is 13.0. The Labute approximate surface area is 223 Å². The summed E-state index contributed by atoms with van der Waals surface area (Å²) in [5.41, 5.74) is 16.2. The van der Waals surface area contributed by atoms with Gasteiger partial charge in [0, 0.05) is 28.2 Å². The molecule has 4 aromatic rings. The molecule has 1 aliphatic heterocycles. The third kappa shape index (κ3) is 4.48. The fourth-order valence-corrected chi connectivity index (χ4v) is 4.90. The average molecular weight is 499 g/mol. The molecule has 3 aromatic carbocycles. The smallest absolute Gasteiger partial charge is 0.141 e. The van der Waals surface area contributed by atoms with Crippen molar-refractivity contribution in [2.75, 3.05) is 22.5 Å². The van der Waals surface area contributed by atoms with Crippen molar-refractivity contribution in [3.63, 3.8) is 0 Å². The van der Waals surface area contributed by atoms with E-state index in [0.717, 1.165) is 39.3 Å². The summed E-state index contributed by atoms with van der Waals surface area (Å²) in [4.78, 5) is 10.8. The van der Waals surface area contributed by atoms with E-state index in [9.17, 15) is 0 Å². The van der Waals surface area contributed by atoms with Gasteiger partial charge in [-0.15, -0.1) is 0 Å². The maximum Gasteiger partial charge on any atom is 0.141 e. The number of nitrogens with two attached hydrogens (primary N) is 1. The van der Waals surface area contributed by atoms with Crippen LogP contribution in [0.15, 0.2) is 91.9 Å². The van der Waals surface area contributed by atoms with Crippen LogP contribution in [0.4, 0.5) is 17.3 Å². The fourth-order valence-electron chi connectivity index (χ4n) is 4.90. The third-order valence-corrected chi connectivity index (χ3v) is 6.80. The van der Waals surface area contributed by atoms with Gasteiger partial charge in [0.25, 0.3) is 0 Å². The Kier molecular flexibility index (Phi) is 6.62. The lowest BCUT2D eigenvalue weighted by molar-refractivity contribution is 1.06. The monoisotopic (exact) mass is 498 g/mol. The molecule has 0 radical (unpaired) electrons. The molecule has 4 N–H and O–H groups in total. The number of aromatic nitrogens is 2. The Morgan fingerprint density at radius 1 is 1.03 bits per heavy atom. The summed E-state index contributed by atoms with van der Waals surface area (Å²) in [6, 6.07) is 22.2. The minimum atomic E-state index is 0.244. The van der Waals surface area contributed by atoms with Crippen LogP contribution in [0.5, 0.6) is 0 Å². The van der Waals surface area contributed by atoms with Crippen molar-refractivity contribution in [3.8, 4) is 0 Å². The molecule has 0 amide bonds. The Bertz CT molecular complexity index is 1610. The molecular weight excluding hydrogens is 468 g/mol. The first-order chi connectivity index (χ1) is 18.4. The number of fused-ring (bicyclic) bond motifs is 1. The van der Waals surface area contributed by atoms with Crippen LogP contribution in [-0.2, 0) is 0 Å². The van der Waals surface area contributed by atoms with Gasteiger partial charge in [0.1, 0.15) is 18.0 Å². The zero-order chi connectivity index (χ0) is 26.8. The molecule has 0 spiro atoms. The maximum absolute atomic E-state index is 8.93. The molecule has 2 heterocycles. The number of nitrogens with one attached hydrogen (secondary N) is 2.